The number of carbonyl (C=O) groups excluding carboxylic acids is 2. The van der Waals surface area contributed by atoms with E-state index in [-0.39, 0.29) is 12.5 Å². The SMILES string of the molecule is COC(=O)C(CON)NC(C)=O. The highest BCUT2D eigenvalue weighted by Gasteiger charge is 2.19. The number of esters is 1. The Bertz CT molecular complexity index is 171. The van der Waals surface area contributed by atoms with Crippen LogP contribution >= 0.6 is 0 Å². The van der Waals surface area contributed by atoms with Crippen molar-refractivity contribution in [3.05, 3.63) is 0 Å². The second kappa shape index (κ2) is 5.50. The third-order valence-corrected chi connectivity index (χ3v) is 1.13. The molecule has 0 aliphatic heterocycles. The molecular formula is C6H12N2O4. The van der Waals surface area contributed by atoms with Crippen LogP contribution in [0.5, 0.6) is 0 Å². The van der Waals surface area contributed by atoms with Gasteiger partial charge in [-0.05, 0) is 0 Å². The molecule has 0 aliphatic carbocycles. The predicted molar refractivity (Wildman–Crippen MR) is 39.8 cm³/mol. The molecule has 6 nitrogen and oxygen atoms in total. The van der Waals surface area contributed by atoms with Crippen LogP contribution in [-0.4, -0.2) is 31.6 Å². The fourth-order valence-electron chi connectivity index (χ4n) is 0.652. The van der Waals surface area contributed by atoms with Gasteiger partial charge in [0.15, 0.2) is 6.04 Å². The molecule has 0 heterocycles. The lowest BCUT2D eigenvalue weighted by atomic mass is 10.3. The van der Waals surface area contributed by atoms with Gasteiger partial charge in [0.05, 0.1) is 13.7 Å². The van der Waals surface area contributed by atoms with E-state index in [0.29, 0.717) is 0 Å². The fourth-order valence-corrected chi connectivity index (χ4v) is 0.652. The molecule has 12 heavy (non-hydrogen) atoms. The molecule has 1 atom stereocenters. The normalized spacial score (nSPS) is 11.9. The van der Waals surface area contributed by atoms with Crippen LogP contribution in [0.1, 0.15) is 6.92 Å². The number of methoxy groups -OCH3 is 1. The molecule has 0 aromatic heterocycles. The van der Waals surface area contributed by atoms with E-state index in [0.717, 1.165) is 0 Å². The van der Waals surface area contributed by atoms with Crippen LogP contribution in [0.3, 0.4) is 0 Å². The largest absolute Gasteiger partial charge is 0.467 e. The van der Waals surface area contributed by atoms with Crippen molar-refractivity contribution < 1.29 is 19.2 Å². The summed E-state index contributed by atoms with van der Waals surface area (Å²) in [6.07, 6.45) is 0. The van der Waals surface area contributed by atoms with Gasteiger partial charge in [0.25, 0.3) is 0 Å². The van der Waals surface area contributed by atoms with Gasteiger partial charge in [-0.3, -0.25) is 4.79 Å². The third-order valence-electron chi connectivity index (χ3n) is 1.13. The van der Waals surface area contributed by atoms with E-state index in [9.17, 15) is 9.59 Å². The van der Waals surface area contributed by atoms with Crippen LogP contribution in [0.25, 0.3) is 0 Å². The highest BCUT2D eigenvalue weighted by molar-refractivity contribution is 5.83. The summed E-state index contributed by atoms with van der Waals surface area (Å²) in [5.74, 6) is 3.81. The van der Waals surface area contributed by atoms with Gasteiger partial charge in [-0.1, -0.05) is 0 Å². The Morgan fingerprint density at radius 2 is 2.17 bits per heavy atom. The molecule has 0 spiro atoms. The van der Waals surface area contributed by atoms with Crippen molar-refractivity contribution in [2.24, 2.45) is 5.90 Å². The maximum Gasteiger partial charge on any atom is 0.330 e. The van der Waals surface area contributed by atoms with Gasteiger partial charge in [-0.2, -0.15) is 0 Å². The standard InChI is InChI=1S/C6H12N2O4/c1-4(9)8-5(3-12-7)6(10)11-2/h5H,3,7H2,1-2H3,(H,8,9). The minimum atomic E-state index is -0.836. The molecular weight excluding hydrogens is 164 g/mol. The topological polar surface area (TPSA) is 90.7 Å². The second-order valence-corrected chi connectivity index (χ2v) is 2.11. The second-order valence-electron chi connectivity index (χ2n) is 2.11. The van der Waals surface area contributed by atoms with Crippen molar-refractivity contribution in [1.29, 1.82) is 0 Å². The summed E-state index contributed by atoms with van der Waals surface area (Å²) in [7, 11) is 1.22. The molecule has 0 bridgehead atoms. The van der Waals surface area contributed by atoms with Crippen LogP contribution in [0.2, 0.25) is 0 Å². The molecule has 1 amide bonds. The highest BCUT2D eigenvalue weighted by atomic mass is 16.6. The summed E-state index contributed by atoms with van der Waals surface area (Å²) in [6, 6.07) is -0.836. The molecule has 0 fully saturated rings. The maximum atomic E-state index is 10.9. The number of amides is 1. The molecule has 0 radical (unpaired) electrons. The molecule has 0 aromatic rings. The van der Waals surface area contributed by atoms with Gasteiger partial charge in [-0.25, -0.2) is 10.7 Å². The van der Waals surface area contributed by atoms with E-state index in [4.69, 9.17) is 5.90 Å². The van der Waals surface area contributed by atoms with Crippen molar-refractivity contribution >= 4 is 11.9 Å². The zero-order valence-corrected chi connectivity index (χ0v) is 6.99. The maximum absolute atomic E-state index is 10.9. The Morgan fingerprint density at radius 1 is 1.58 bits per heavy atom. The van der Waals surface area contributed by atoms with E-state index in [1.54, 1.807) is 0 Å². The van der Waals surface area contributed by atoms with Crippen LogP contribution in [0.15, 0.2) is 0 Å². The first-order valence-corrected chi connectivity index (χ1v) is 3.28. The summed E-state index contributed by atoms with van der Waals surface area (Å²) in [5.41, 5.74) is 0. The molecule has 1 unspecified atom stereocenters. The number of ether oxygens (including phenoxy) is 1. The van der Waals surface area contributed by atoms with E-state index >= 15 is 0 Å². The number of hydrogen-bond acceptors (Lipinski definition) is 5. The predicted octanol–water partition coefficient (Wildman–Crippen LogP) is -1.45. The van der Waals surface area contributed by atoms with Crippen molar-refractivity contribution in [3.8, 4) is 0 Å². The third kappa shape index (κ3) is 3.89. The van der Waals surface area contributed by atoms with Gasteiger partial charge in [0.2, 0.25) is 5.91 Å². The van der Waals surface area contributed by atoms with Gasteiger partial charge in [0, 0.05) is 6.92 Å². The van der Waals surface area contributed by atoms with Crippen molar-refractivity contribution in [1.82, 2.24) is 5.32 Å². The zero-order chi connectivity index (χ0) is 9.56. The number of nitrogens with two attached hydrogens (primary N) is 1. The van der Waals surface area contributed by atoms with E-state index < -0.39 is 12.0 Å². The first-order chi connectivity index (χ1) is 5.61. The van der Waals surface area contributed by atoms with Crippen LogP contribution in [-0.2, 0) is 19.2 Å². The van der Waals surface area contributed by atoms with E-state index in [2.05, 4.69) is 14.9 Å². The lowest BCUT2D eigenvalue weighted by Crippen LogP contribution is -2.44. The Balaban J connectivity index is 4.02. The Kier molecular flexibility index (Phi) is 4.98. The highest BCUT2D eigenvalue weighted by Crippen LogP contribution is 1.87. The van der Waals surface area contributed by atoms with Crippen LogP contribution in [0.4, 0.5) is 0 Å². The number of carbonyl (C=O) groups is 2. The minimum absolute atomic E-state index is 0.105. The summed E-state index contributed by atoms with van der Waals surface area (Å²) < 4.78 is 4.38. The molecule has 6 heteroatoms. The zero-order valence-electron chi connectivity index (χ0n) is 6.99. The summed E-state index contributed by atoms with van der Waals surface area (Å²) in [5, 5.41) is 2.31. The number of nitrogens with one attached hydrogen (secondary N) is 1. The Hall–Kier alpha value is -1.14. The lowest BCUT2D eigenvalue weighted by Gasteiger charge is -2.13. The van der Waals surface area contributed by atoms with Gasteiger partial charge in [0.1, 0.15) is 0 Å². The Labute approximate surface area is 70.0 Å². The molecule has 0 aliphatic rings. The van der Waals surface area contributed by atoms with Crippen LogP contribution < -0.4 is 11.2 Å². The lowest BCUT2D eigenvalue weighted by molar-refractivity contribution is -0.146. The van der Waals surface area contributed by atoms with Gasteiger partial charge in [-0.15, -0.1) is 0 Å². The molecule has 0 rings (SSSR count). The Morgan fingerprint density at radius 3 is 2.50 bits per heavy atom. The fraction of sp³-hybridized carbons (Fsp3) is 0.667. The molecule has 0 saturated heterocycles. The molecule has 3 N–H and O–H groups in total. The summed E-state index contributed by atoms with van der Waals surface area (Å²) in [6.45, 7) is 1.18. The smallest absolute Gasteiger partial charge is 0.330 e. The summed E-state index contributed by atoms with van der Waals surface area (Å²) >= 11 is 0. The average Bonchev–Trinajstić information content (AvgIpc) is 2.01. The molecule has 0 aromatic carbocycles. The van der Waals surface area contributed by atoms with Gasteiger partial charge < -0.3 is 14.9 Å². The van der Waals surface area contributed by atoms with E-state index in [1.165, 1.54) is 14.0 Å². The average molecular weight is 176 g/mol. The minimum Gasteiger partial charge on any atom is -0.467 e. The van der Waals surface area contributed by atoms with E-state index in [1.807, 2.05) is 0 Å². The molecule has 0 saturated carbocycles. The number of hydrogen-bond donors (Lipinski definition) is 2. The first-order valence-electron chi connectivity index (χ1n) is 3.28. The quantitative estimate of drug-likeness (QED) is 0.404. The van der Waals surface area contributed by atoms with Crippen molar-refractivity contribution in [2.75, 3.05) is 13.7 Å². The monoisotopic (exact) mass is 176 g/mol. The van der Waals surface area contributed by atoms with Gasteiger partial charge >= 0.3 is 5.97 Å². The van der Waals surface area contributed by atoms with Crippen molar-refractivity contribution in [3.63, 3.8) is 0 Å². The van der Waals surface area contributed by atoms with Crippen molar-refractivity contribution in [2.45, 2.75) is 13.0 Å². The summed E-state index contributed by atoms with van der Waals surface area (Å²) in [4.78, 5) is 25.6. The number of rotatable bonds is 4. The first kappa shape index (κ1) is 10.9. The van der Waals surface area contributed by atoms with Crippen LogP contribution in [0, 0.1) is 0 Å². The molecule has 70 valence electrons.